The Hall–Kier alpha value is -1.59. The number of carbonyl (C=O) groups is 1. The van der Waals surface area contributed by atoms with Crippen LogP contribution in [0.1, 0.15) is 40.4 Å². The van der Waals surface area contributed by atoms with E-state index < -0.39 is 0 Å². The quantitative estimate of drug-likeness (QED) is 0.558. The van der Waals surface area contributed by atoms with Crippen LogP contribution in [0.15, 0.2) is 47.5 Å². The molecule has 0 spiro atoms. The summed E-state index contributed by atoms with van der Waals surface area (Å²) in [6.07, 6.45) is 2.08. The van der Waals surface area contributed by atoms with Crippen LogP contribution in [-0.4, -0.2) is 29.8 Å². The van der Waals surface area contributed by atoms with Gasteiger partial charge < -0.3 is 4.90 Å². The molecule has 0 amide bonds. The van der Waals surface area contributed by atoms with Gasteiger partial charge in [0.2, 0.25) is 0 Å². The molecule has 0 bridgehead atoms. The highest BCUT2D eigenvalue weighted by molar-refractivity contribution is 8.93. The Balaban J connectivity index is 0.00000261. The summed E-state index contributed by atoms with van der Waals surface area (Å²) in [6, 6.07) is 14.2. The van der Waals surface area contributed by atoms with Gasteiger partial charge in [0.15, 0.2) is 11.0 Å². The summed E-state index contributed by atoms with van der Waals surface area (Å²) in [7, 11) is 0. The van der Waals surface area contributed by atoms with Crippen molar-refractivity contribution in [3.63, 3.8) is 0 Å². The molecule has 0 radical (unpaired) electrons. The number of hydrogen-bond donors (Lipinski definition) is 0. The van der Waals surface area contributed by atoms with Gasteiger partial charge in [-0.2, -0.15) is 0 Å². The van der Waals surface area contributed by atoms with Crippen molar-refractivity contribution in [2.45, 2.75) is 33.6 Å². The summed E-state index contributed by atoms with van der Waals surface area (Å²) in [5.41, 5.74) is 5.53. The molecule has 0 N–H and O–H groups in total. The molecule has 1 aliphatic rings. The number of aryl methyl sites for hydroxylation is 2. The highest BCUT2D eigenvalue weighted by atomic mass is 79.9. The van der Waals surface area contributed by atoms with Gasteiger partial charge in [0.25, 0.3) is 0 Å². The molecule has 3 nitrogen and oxygen atoms in total. The van der Waals surface area contributed by atoms with Gasteiger partial charge in [0.05, 0.1) is 6.54 Å². The van der Waals surface area contributed by atoms with Crippen LogP contribution in [-0.2, 0) is 6.42 Å². The molecular formula is C22H27BrN2OS. The predicted octanol–water partition coefficient (Wildman–Crippen LogP) is 5.63. The van der Waals surface area contributed by atoms with Crippen molar-refractivity contribution in [3.05, 3.63) is 64.7 Å². The van der Waals surface area contributed by atoms with E-state index in [0.29, 0.717) is 6.54 Å². The normalized spacial score (nSPS) is 13.5. The van der Waals surface area contributed by atoms with Crippen molar-refractivity contribution >= 4 is 45.4 Å². The predicted molar refractivity (Wildman–Crippen MR) is 123 cm³/mol. The average Bonchev–Trinajstić information content (AvgIpc) is 2.69. The van der Waals surface area contributed by atoms with Crippen LogP contribution >= 0.6 is 28.7 Å². The van der Waals surface area contributed by atoms with Crippen LogP contribution in [0.25, 0.3) is 0 Å². The van der Waals surface area contributed by atoms with E-state index in [0.717, 1.165) is 41.6 Å². The van der Waals surface area contributed by atoms with E-state index in [1.165, 1.54) is 16.7 Å². The summed E-state index contributed by atoms with van der Waals surface area (Å²) in [5, 5.41) is 0.962. The number of amidine groups is 1. The summed E-state index contributed by atoms with van der Waals surface area (Å²) in [6.45, 7) is 7.51. The molecule has 0 aromatic heterocycles. The standard InChI is InChI=1S/C22H26N2OS.BrH/c1-4-18-9-11-19(12-10-18)21(25)15-24(22-23-13-6-14-26-22)20-8-5-7-16(2)17(20)3;/h5,7-12H,4,6,13-15H2,1-3H3;1H. The third-order valence-corrected chi connectivity index (χ3v) is 5.96. The van der Waals surface area contributed by atoms with E-state index in [1.54, 1.807) is 11.8 Å². The van der Waals surface area contributed by atoms with Crippen LogP contribution in [0.3, 0.4) is 0 Å². The Labute approximate surface area is 177 Å². The smallest absolute Gasteiger partial charge is 0.182 e. The Morgan fingerprint density at radius 2 is 1.89 bits per heavy atom. The first-order chi connectivity index (χ1) is 12.6. The number of rotatable bonds is 5. The number of carbonyl (C=O) groups excluding carboxylic acids is 1. The Bertz CT molecular complexity index is 818. The number of halogens is 1. The molecule has 0 unspecified atom stereocenters. The first-order valence-electron chi connectivity index (χ1n) is 9.23. The number of anilines is 1. The van der Waals surface area contributed by atoms with Crippen LogP contribution in [0, 0.1) is 13.8 Å². The lowest BCUT2D eigenvalue weighted by Crippen LogP contribution is -2.36. The van der Waals surface area contributed by atoms with Crippen LogP contribution < -0.4 is 4.90 Å². The molecule has 5 heteroatoms. The monoisotopic (exact) mass is 446 g/mol. The van der Waals surface area contributed by atoms with Crippen LogP contribution in [0.4, 0.5) is 5.69 Å². The molecule has 144 valence electrons. The van der Waals surface area contributed by atoms with Gasteiger partial charge in [-0.1, -0.05) is 55.1 Å². The Kier molecular flexibility index (Phi) is 8.11. The topological polar surface area (TPSA) is 32.7 Å². The fraction of sp³-hybridized carbons (Fsp3) is 0.364. The van der Waals surface area contributed by atoms with Gasteiger partial charge in [-0.3, -0.25) is 9.79 Å². The van der Waals surface area contributed by atoms with Gasteiger partial charge in [-0.05, 0) is 49.4 Å². The lowest BCUT2D eigenvalue weighted by Gasteiger charge is -2.29. The van der Waals surface area contributed by atoms with Crippen molar-refractivity contribution in [2.24, 2.45) is 4.99 Å². The molecule has 0 fully saturated rings. The molecule has 2 aromatic carbocycles. The van der Waals surface area contributed by atoms with Gasteiger partial charge >= 0.3 is 0 Å². The van der Waals surface area contributed by atoms with Crippen LogP contribution in [0.5, 0.6) is 0 Å². The molecule has 3 rings (SSSR count). The van der Waals surface area contributed by atoms with Crippen molar-refractivity contribution in [1.82, 2.24) is 0 Å². The molecule has 0 atom stereocenters. The van der Waals surface area contributed by atoms with E-state index in [9.17, 15) is 4.79 Å². The average molecular weight is 447 g/mol. The van der Waals surface area contributed by atoms with E-state index in [1.807, 2.05) is 24.3 Å². The molecule has 27 heavy (non-hydrogen) atoms. The Morgan fingerprint density at radius 3 is 2.52 bits per heavy atom. The maximum absolute atomic E-state index is 13.0. The first kappa shape index (κ1) is 21.7. The highest BCUT2D eigenvalue weighted by Gasteiger charge is 2.22. The molecule has 1 heterocycles. The Morgan fingerprint density at radius 1 is 1.15 bits per heavy atom. The minimum atomic E-state index is 0. The van der Waals surface area contributed by atoms with E-state index in [-0.39, 0.29) is 22.8 Å². The first-order valence-corrected chi connectivity index (χ1v) is 10.2. The number of ketones is 1. The van der Waals surface area contributed by atoms with E-state index >= 15 is 0 Å². The second kappa shape index (κ2) is 10.1. The fourth-order valence-electron chi connectivity index (χ4n) is 3.06. The van der Waals surface area contributed by atoms with Crippen molar-refractivity contribution in [1.29, 1.82) is 0 Å². The SMILES string of the molecule is Br.CCc1ccc(C(=O)CN(C2=NCCCS2)c2cccc(C)c2C)cc1. The summed E-state index contributed by atoms with van der Waals surface area (Å²) in [4.78, 5) is 19.8. The lowest BCUT2D eigenvalue weighted by atomic mass is 10.0. The maximum atomic E-state index is 13.0. The summed E-state index contributed by atoms with van der Waals surface area (Å²) >= 11 is 1.75. The minimum absolute atomic E-state index is 0. The largest absolute Gasteiger partial charge is 0.313 e. The van der Waals surface area contributed by atoms with Gasteiger partial charge in [-0.25, -0.2) is 0 Å². The van der Waals surface area contributed by atoms with Crippen molar-refractivity contribution in [3.8, 4) is 0 Å². The summed E-state index contributed by atoms with van der Waals surface area (Å²) < 4.78 is 0. The van der Waals surface area contributed by atoms with Crippen LogP contribution in [0.2, 0.25) is 0 Å². The third kappa shape index (κ3) is 5.23. The highest BCUT2D eigenvalue weighted by Crippen LogP contribution is 2.28. The minimum Gasteiger partial charge on any atom is -0.313 e. The molecular weight excluding hydrogens is 420 g/mol. The molecule has 0 aliphatic carbocycles. The maximum Gasteiger partial charge on any atom is 0.182 e. The zero-order chi connectivity index (χ0) is 18.5. The second-order valence-corrected chi connectivity index (χ2v) is 7.71. The summed E-state index contributed by atoms with van der Waals surface area (Å²) in [5.74, 6) is 1.18. The molecule has 1 aliphatic heterocycles. The number of nitrogens with zero attached hydrogens (tertiary/aromatic N) is 2. The van der Waals surface area contributed by atoms with E-state index in [2.05, 4.69) is 43.9 Å². The number of benzene rings is 2. The van der Waals surface area contributed by atoms with Crippen molar-refractivity contribution < 1.29 is 4.79 Å². The number of hydrogen-bond acceptors (Lipinski definition) is 4. The lowest BCUT2D eigenvalue weighted by molar-refractivity contribution is 0.100. The molecule has 0 saturated carbocycles. The van der Waals surface area contributed by atoms with Crippen molar-refractivity contribution in [2.75, 3.05) is 23.7 Å². The number of thioether (sulfide) groups is 1. The van der Waals surface area contributed by atoms with E-state index in [4.69, 9.17) is 4.99 Å². The zero-order valence-electron chi connectivity index (χ0n) is 16.2. The molecule has 0 saturated heterocycles. The van der Waals surface area contributed by atoms with Gasteiger partial charge in [0.1, 0.15) is 0 Å². The fourth-order valence-corrected chi connectivity index (χ4v) is 4.01. The number of Topliss-reactive ketones (excluding diaryl/α,β-unsaturated/α-hetero) is 1. The zero-order valence-corrected chi connectivity index (χ0v) is 18.7. The van der Waals surface area contributed by atoms with Gasteiger partial charge in [0, 0.05) is 23.5 Å². The van der Waals surface area contributed by atoms with Gasteiger partial charge in [-0.15, -0.1) is 17.0 Å². The second-order valence-electron chi connectivity index (χ2n) is 6.65. The molecule has 2 aromatic rings. The number of aliphatic imine (C=N–C) groups is 1. The third-order valence-electron chi connectivity index (χ3n) is 4.86.